The van der Waals surface area contributed by atoms with Crippen LogP contribution >= 0.6 is 11.6 Å². The highest BCUT2D eigenvalue weighted by molar-refractivity contribution is 7.87. The summed E-state index contributed by atoms with van der Waals surface area (Å²) in [4.78, 5) is 3.42. The van der Waals surface area contributed by atoms with Gasteiger partial charge in [-0.15, -0.1) is 0 Å². The Bertz CT molecular complexity index is 901. The second kappa shape index (κ2) is 6.13. The van der Waals surface area contributed by atoms with Crippen LogP contribution in [0.1, 0.15) is 0 Å². The highest BCUT2D eigenvalue weighted by Gasteiger charge is 2.49. The maximum Gasteiger partial charge on any atom is 0.534 e. The van der Waals surface area contributed by atoms with Crippen molar-refractivity contribution in [1.29, 1.82) is 0 Å². The summed E-state index contributed by atoms with van der Waals surface area (Å²) in [5, 5.41) is -0.725. The smallest absolute Gasteiger partial charge is 0.493 e. The Labute approximate surface area is 138 Å². The molecule has 0 atom stereocenters. The van der Waals surface area contributed by atoms with Crippen LogP contribution < -0.4 is 13.7 Å². The van der Waals surface area contributed by atoms with E-state index in [1.807, 2.05) is 0 Å². The Morgan fingerprint density at radius 2 is 1.67 bits per heavy atom. The number of aromatic nitrogens is 1. The van der Waals surface area contributed by atoms with Gasteiger partial charge in [-0.25, -0.2) is 4.98 Å². The topological polar surface area (TPSA) is 74.7 Å². The molecule has 0 spiro atoms. The predicted octanol–water partition coefficient (Wildman–Crippen LogP) is 3.27. The predicted molar refractivity (Wildman–Crippen MR) is 75.4 cm³/mol. The third-order valence-electron chi connectivity index (χ3n) is 2.81. The summed E-state index contributed by atoms with van der Waals surface area (Å²) >= 11 is 5.73. The van der Waals surface area contributed by atoms with Gasteiger partial charge in [0.1, 0.15) is 0 Å². The van der Waals surface area contributed by atoms with Gasteiger partial charge >= 0.3 is 15.6 Å². The van der Waals surface area contributed by atoms with Gasteiger partial charge in [-0.1, -0.05) is 11.6 Å². The number of methoxy groups -OCH3 is 2. The molecule has 0 bridgehead atoms. The summed E-state index contributed by atoms with van der Waals surface area (Å²) < 4.78 is 86.8. The van der Waals surface area contributed by atoms with Crippen LogP contribution in [0.2, 0.25) is 5.02 Å². The van der Waals surface area contributed by atoms with Gasteiger partial charge in [0.15, 0.2) is 11.5 Å². The lowest BCUT2D eigenvalue weighted by Gasteiger charge is -2.13. The van der Waals surface area contributed by atoms with E-state index in [-0.39, 0.29) is 22.4 Å². The molecule has 0 aliphatic heterocycles. The summed E-state index contributed by atoms with van der Waals surface area (Å²) in [5.74, 6) is -2.73. The molecule has 0 saturated heterocycles. The molecule has 1 aromatic heterocycles. The number of halogens is 5. The molecule has 24 heavy (non-hydrogen) atoms. The zero-order valence-corrected chi connectivity index (χ0v) is 13.5. The van der Waals surface area contributed by atoms with E-state index in [9.17, 15) is 26.0 Å². The van der Waals surface area contributed by atoms with Gasteiger partial charge in [0.05, 0.1) is 24.8 Å². The summed E-state index contributed by atoms with van der Waals surface area (Å²) in [6, 6.07) is 2.40. The zero-order valence-electron chi connectivity index (χ0n) is 11.9. The summed E-state index contributed by atoms with van der Waals surface area (Å²) in [5.41, 5.74) is -5.91. The molecule has 0 amide bonds. The molecule has 0 radical (unpaired) electrons. The molecule has 0 aliphatic rings. The van der Waals surface area contributed by atoms with Gasteiger partial charge in [0.25, 0.3) is 5.88 Å². The van der Waals surface area contributed by atoms with E-state index in [0.717, 1.165) is 0 Å². The lowest BCUT2D eigenvalue weighted by atomic mass is 10.2. The van der Waals surface area contributed by atoms with E-state index in [1.54, 1.807) is 0 Å². The van der Waals surface area contributed by atoms with Gasteiger partial charge in [-0.3, -0.25) is 0 Å². The molecular formula is C12H8ClF4NO5S. The molecule has 0 unspecified atom stereocenters. The van der Waals surface area contributed by atoms with Crippen LogP contribution in [-0.2, 0) is 10.1 Å². The first-order valence-corrected chi connectivity index (χ1v) is 7.72. The number of pyridine rings is 1. The lowest BCUT2D eigenvalue weighted by Crippen LogP contribution is -2.28. The van der Waals surface area contributed by atoms with Crippen molar-refractivity contribution in [3.05, 3.63) is 23.0 Å². The molecular weight excluding hydrogens is 382 g/mol. The highest BCUT2D eigenvalue weighted by atomic mass is 35.5. The van der Waals surface area contributed by atoms with E-state index >= 15 is 0 Å². The number of alkyl halides is 3. The van der Waals surface area contributed by atoms with Gasteiger partial charge in [0.2, 0.25) is 5.82 Å². The Kier molecular flexibility index (Phi) is 4.68. The fourth-order valence-electron chi connectivity index (χ4n) is 1.71. The van der Waals surface area contributed by atoms with Gasteiger partial charge in [-0.2, -0.15) is 26.0 Å². The Hall–Kier alpha value is -2.01. The third kappa shape index (κ3) is 3.13. The van der Waals surface area contributed by atoms with Crippen molar-refractivity contribution in [2.45, 2.75) is 5.51 Å². The van der Waals surface area contributed by atoms with E-state index in [1.165, 1.54) is 26.4 Å². The minimum absolute atomic E-state index is 0.0384. The molecule has 0 aliphatic carbocycles. The standard InChI is InChI=1S/C12H8ClF4NO5S/c1-21-7-3-5-6(4-8(7)22-2)18-11(10(14)9(5)13)23-24(19,20)12(15,16)17/h3-4H,1-2H3. The van der Waals surface area contributed by atoms with Crippen LogP contribution in [0.15, 0.2) is 12.1 Å². The van der Waals surface area contributed by atoms with E-state index in [4.69, 9.17) is 21.1 Å². The average Bonchev–Trinajstić information content (AvgIpc) is 2.49. The fourth-order valence-corrected chi connectivity index (χ4v) is 2.36. The molecule has 2 rings (SSSR count). The highest BCUT2D eigenvalue weighted by Crippen LogP contribution is 2.38. The van der Waals surface area contributed by atoms with Crippen molar-refractivity contribution in [2.24, 2.45) is 0 Å². The Morgan fingerprint density at radius 1 is 1.12 bits per heavy atom. The maximum absolute atomic E-state index is 14.0. The SMILES string of the molecule is COc1cc2nc(OS(=O)(=O)C(F)(F)F)c(F)c(Cl)c2cc1OC. The van der Waals surface area contributed by atoms with Crippen molar-refractivity contribution in [3.8, 4) is 17.4 Å². The largest absolute Gasteiger partial charge is 0.534 e. The first kappa shape index (κ1) is 18.3. The average molecular weight is 390 g/mol. The van der Waals surface area contributed by atoms with Gasteiger partial charge in [-0.05, 0) is 6.07 Å². The molecule has 2 aromatic rings. The first-order chi connectivity index (χ1) is 11.0. The van der Waals surface area contributed by atoms with Crippen LogP contribution in [0, 0.1) is 5.82 Å². The molecule has 1 heterocycles. The van der Waals surface area contributed by atoms with E-state index in [0.29, 0.717) is 0 Å². The van der Waals surface area contributed by atoms with Crippen LogP contribution in [0.3, 0.4) is 0 Å². The van der Waals surface area contributed by atoms with Crippen LogP contribution in [0.25, 0.3) is 10.9 Å². The van der Waals surface area contributed by atoms with Crippen molar-refractivity contribution in [3.63, 3.8) is 0 Å². The second-order valence-corrected chi connectivity index (χ2v) is 6.17. The van der Waals surface area contributed by atoms with Crippen LogP contribution in [-0.4, -0.2) is 33.1 Å². The number of hydrogen-bond acceptors (Lipinski definition) is 6. The van der Waals surface area contributed by atoms with Crippen LogP contribution in [0.5, 0.6) is 17.4 Å². The quantitative estimate of drug-likeness (QED) is 0.454. The van der Waals surface area contributed by atoms with E-state index in [2.05, 4.69) is 9.17 Å². The Balaban J connectivity index is 2.68. The molecule has 6 nitrogen and oxygen atoms in total. The van der Waals surface area contributed by atoms with Crippen molar-refractivity contribution >= 4 is 32.6 Å². The zero-order chi connectivity index (χ0) is 18.3. The van der Waals surface area contributed by atoms with Crippen LogP contribution in [0.4, 0.5) is 17.6 Å². The minimum atomic E-state index is -6.10. The molecule has 12 heteroatoms. The number of fused-ring (bicyclic) bond motifs is 1. The fraction of sp³-hybridized carbons (Fsp3) is 0.250. The number of benzene rings is 1. The summed E-state index contributed by atoms with van der Waals surface area (Å²) in [6.45, 7) is 0. The number of nitrogens with zero attached hydrogens (tertiary/aromatic N) is 1. The molecule has 0 saturated carbocycles. The van der Waals surface area contributed by atoms with Crippen molar-refractivity contribution in [2.75, 3.05) is 14.2 Å². The molecule has 0 N–H and O–H groups in total. The summed E-state index contributed by atoms with van der Waals surface area (Å²) in [6.07, 6.45) is 0. The van der Waals surface area contributed by atoms with Gasteiger partial charge in [0, 0.05) is 11.5 Å². The van der Waals surface area contributed by atoms with Crippen molar-refractivity contribution < 1.29 is 39.6 Å². The molecule has 132 valence electrons. The normalized spacial score (nSPS) is 12.3. The van der Waals surface area contributed by atoms with Gasteiger partial charge < -0.3 is 13.7 Å². The maximum atomic E-state index is 14.0. The Morgan fingerprint density at radius 3 is 2.17 bits per heavy atom. The first-order valence-electron chi connectivity index (χ1n) is 5.93. The number of ether oxygens (including phenoxy) is 2. The lowest BCUT2D eigenvalue weighted by molar-refractivity contribution is -0.0502. The third-order valence-corrected chi connectivity index (χ3v) is 4.13. The number of hydrogen-bond donors (Lipinski definition) is 0. The molecule has 1 aromatic carbocycles. The number of rotatable bonds is 4. The van der Waals surface area contributed by atoms with E-state index < -0.39 is 32.3 Å². The molecule has 0 fully saturated rings. The minimum Gasteiger partial charge on any atom is -0.493 e. The monoisotopic (exact) mass is 389 g/mol. The van der Waals surface area contributed by atoms with Crippen molar-refractivity contribution in [1.82, 2.24) is 4.98 Å². The second-order valence-electron chi connectivity index (χ2n) is 4.25. The summed E-state index contributed by atoms with van der Waals surface area (Å²) in [7, 11) is -3.53.